The van der Waals surface area contributed by atoms with Crippen LogP contribution in [0.2, 0.25) is 0 Å². The molecule has 0 aromatic rings. The predicted molar refractivity (Wildman–Crippen MR) is 43.8 cm³/mol. The summed E-state index contributed by atoms with van der Waals surface area (Å²) in [4.78, 5) is 0. The summed E-state index contributed by atoms with van der Waals surface area (Å²) in [6.45, 7) is 4.05. The van der Waals surface area contributed by atoms with Gasteiger partial charge in [-0.05, 0) is 5.92 Å². The lowest BCUT2D eigenvalue weighted by Gasteiger charge is -2.08. The molecule has 0 saturated heterocycles. The fraction of sp³-hybridized carbons (Fsp3) is 1.00. The van der Waals surface area contributed by atoms with Crippen LogP contribution in [0.3, 0.4) is 0 Å². The average molecular weight is 164 g/mol. The molecule has 0 amide bonds. The maximum atomic E-state index is 10.8. The summed E-state index contributed by atoms with van der Waals surface area (Å²) in [6, 6.07) is 0. The minimum atomic E-state index is -2.75. The predicted octanol–water partition coefficient (Wildman–Crippen LogP) is 1.47. The monoisotopic (exact) mass is 164 g/mol. The van der Waals surface area contributed by atoms with Crippen LogP contribution in [0.4, 0.5) is 0 Å². The molecule has 0 unspecified atom stereocenters. The second-order valence-corrected chi connectivity index (χ2v) is 4.96. The van der Waals surface area contributed by atoms with Crippen molar-refractivity contribution in [1.82, 2.24) is 0 Å². The average Bonchev–Trinajstić information content (AvgIpc) is 1.81. The first-order chi connectivity index (χ1) is 4.49. The third-order valence-electron chi connectivity index (χ3n) is 1.69. The SMILES string of the molecule is CCC(CC)CS(C)(=O)=O. The molecule has 0 aromatic carbocycles. The first-order valence-electron chi connectivity index (χ1n) is 3.67. The molecular weight excluding hydrogens is 148 g/mol. The Kier molecular flexibility index (Phi) is 3.94. The lowest BCUT2D eigenvalue weighted by molar-refractivity contribution is 0.526. The Morgan fingerprint density at radius 2 is 1.60 bits per heavy atom. The second kappa shape index (κ2) is 3.96. The Balaban J connectivity index is 3.87. The lowest BCUT2D eigenvalue weighted by atomic mass is 10.1. The van der Waals surface area contributed by atoms with Gasteiger partial charge in [0.15, 0.2) is 0 Å². The van der Waals surface area contributed by atoms with Crippen LogP contribution in [-0.4, -0.2) is 20.4 Å². The summed E-state index contributed by atoms with van der Waals surface area (Å²) in [5.41, 5.74) is 0. The highest BCUT2D eigenvalue weighted by atomic mass is 32.2. The molecule has 0 radical (unpaired) electrons. The van der Waals surface area contributed by atoms with Crippen molar-refractivity contribution in [2.45, 2.75) is 26.7 Å². The van der Waals surface area contributed by atoms with E-state index < -0.39 is 9.84 Å². The molecule has 0 rings (SSSR count). The van der Waals surface area contributed by atoms with Gasteiger partial charge in [-0.1, -0.05) is 26.7 Å². The zero-order valence-electron chi connectivity index (χ0n) is 6.92. The summed E-state index contributed by atoms with van der Waals surface area (Å²) in [5.74, 6) is 0.704. The highest BCUT2D eigenvalue weighted by Gasteiger charge is 2.10. The van der Waals surface area contributed by atoms with Crippen LogP contribution in [0.1, 0.15) is 26.7 Å². The summed E-state index contributed by atoms with van der Waals surface area (Å²) >= 11 is 0. The van der Waals surface area contributed by atoms with Crippen LogP contribution in [0.25, 0.3) is 0 Å². The Morgan fingerprint density at radius 3 is 1.70 bits per heavy atom. The molecule has 0 aliphatic rings. The second-order valence-electron chi connectivity index (χ2n) is 2.77. The molecule has 0 bridgehead atoms. The van der Waals surface area contributed by atoms with Crippen LogP contribution in [0.15, 0.2) is 0 Å². The molecule has 2 nitrogen and oxygen atoms in total. The molecule has 0 aliphatic heterocycles. The summed E-state index contributed by atoms with van der Waals surface area (Å²) in [6.07, 6.45) is 3.22. The van der Waals surface area contributed by atoms with E-state index in [4.69, 9.17) is 0 Å². The van der Waals surface area contributed by atoms with Crippen molar-refractivity contribution in [3.63, 3.8) is 0 Å². The zero-order valence-corrected chi connectivity index (χ0v) is 7.74. The van der Waals surface area contributed by atoms with Crippen LogP contribution in [0, 0.1) is 5.92 Å². The third kappa shape index (κ3) is 4.79. The van der Waals surface area contributed by atoms with Gasteiger partial charge in [-0.2, -0.15) is 0 Å². The van der Waals surface area contributed by atoms with E-state index in [1.165, 1.54) is 6.26 Å². The smallest absolute Gasteiger partial charge is 0.147 e. The molecular formula is C7H16O2S. The van der Waals surface area contributed by atoms with Gasteiger partial charge in [0.1, 0.15) is 9.84 Å². The summed E-state index contributed by atoms with van der Waals surface area (Å²) in [7, 11) is -2.75. The van der Waals surface area contributed by atoms with Gasteiger partial charge in [0.25, 0.3) is 0 Å². The van der Waals surface area contributed by atoms with E-state index >= 15 is 0 Å². The molecule has 0 atom stereocenters. The maximum Gasteiger partial charge on any atom is 0.147 e. The van der Waals surface area contributed by atoms with Crippen molar-refractivity contribution in [2.24, 2.45) is 5.92 Å². The van der Waals surface area contributed by atoms with E-state index in [1.807, 2.05) is 13.8 Å². The maximum absolute atomic E-state index is 10.8. The molecule has 10 heavy (non-hydrogen) atoms. The van der Waals surface area contributed by atoms with E-state index in [1.54, 1.807) is 0 Å². The highest BCUT2D eigenvalue weighted by Crippen LogP contribution is 2.09. The van der Waals surface area contributed by atoms with Crippen molar-refractivity contribution in [1.29, 1.82) is 0 Å². The zero-order chi connectivity index (χ0) is 8.20. The van der Waals surface area contributed by atoms with E-state index in [9.17, 15) is 8.42 Å². The molecule has 0 saturated carbocycles. The normalized spacial score (nSPS) is 12.4. The summed E-state index contributed by atoms with van der Waals surface area (Å²) in [5, 5.41) is 0. The summed E-state index contributed by atoms with van der Waals surface area (Å²) < 4.78 is 21.5. The minimum Gasteiger partial charge on any atom is -0.229 e. The molecule has 0 N–H and O–H groups in total. The quantitative estimate of drug-likeness (QED) is 0.630. The Bertz CT molecular complexity index is 166. The molecule has 0 fully saturated rings. The first-order valence-corrected chi connectivity index (χ1v) is 5.73. The van der Waals surface area contributed by atoms with Gasteiger partial charge in [-0.15, -0.1) is 0 Å². The van der Waals surface area contributed by atoms with Gasteiger partial charge in [0, 0.05) is 6.26 Å². The standard InChI is InChI=1S/C7H16O2S/c1-4-7(5-2)6-10(3,8)9/h7H,4-6H2,1-3H3. The largest absolute Gasteiger partial charge is 0.229 e. The van der Waals surface area contributed by atoms with Crippen LogP contribution in [0.5, 0.6) is 0 Å². The first kappa shape index (κ1) is 9.95. The van der Waals surface area contributed by atoms with Crippen molar-refractivity contribution in [2.75, 3.05) is 12.0 Å². The van der Waals surface area contributed by atoms with Gasteiger partial charge >= 0.3 is 0 Å². The molecule has 0 heterocycles. The van der Waals surface area contributed by atoms with E-state index in [0.29, 0.717) is 11.7 Å². The van der Waals surface area contributed by atoms with Crippen molar-refractivity contribution >= 4 is 9.84 Å². The van der Waals surface area contributed by atoms with E-state index in [0.717, 1.165) is 12.8 Å². The molecule has 3 heteroatoms. The van der Waals surface area contributed by atoms with E-state index in [2.05, 4.69) is 0 Å². The molecule has 62 valence electrons. The Hall–Kier alpha value is -0.0500. The minimum absolute atomic E-state index is 0.347. The van der Waals surface area contributed by atoms with E-state index in [-0.39, 0.29) is 0 Å². The third-order valence-corrected chi connectivity index (χ3v) is 2.77. The molecule has 0 spiro atoms. The van der Waals surface area contributed by atoms with Gasteiger partial charge in [-0.3, -0.25) is 0 Å². The number of hydrogen-bond donors (Lipinski definition) is 0. The van der Waals surface area contributed by atoms with Crippen LogP contribution < -0.4 is 0 Å². The van der Waals surface area contributed by atoms with Crippen LogP contribution >= 0.6 is 0 Å². The van der Waals surface area contributed by atoms with Crippen molar-refractivity contribution < 1.29 is 8.42 Å². The number of rotatable bonds is 4. The van der Waals surface area contributed by atoms with Gasteiger partial charge in [0.2, 0.25) is 0 Å². The number of sulfone groups is 1. The van der Waals surface area contributed by atoms with Gasteiger partial charge in [0.05, 0.1) is 5.75 Å². The highest BCUT2D eigenvalue weighted by molar-refractivity contribution is 7.90. The van der Waals surface area contributed by atoms with Crippen molar-refractivity contribution in [3.8, 4) is 0 Å². The molecule has 0 aliphatic carbocycles. The fourth-order valence-electron chi connectivity index (χ4n) is 0.953. The van der Waals surface area contributed by atoms with Crippen LogP contribution in [-0.2, 0) is 9.84 Å². The number of hydrogen-bond acceptors (Lipinski definition) is 2. The van der Waals surface area contributed by atoms with Gasteiger partial charge in [-0.25, -0.2) is 8.42 Å². The topological polar surface area (TPSA) is 34.1 Å². The van der Waals surface area contributed by atoms with Gasteiger partial charge < -0.3 is 0 Å². The fourth-order valence-corrected chi connectivity index (χ4v) is 2.28. The lowest BCUT2D eigenvalue weighted by Crippen LogP contribution is -2.13. The van der Waals surface area contributed by atoms with Crippen molar-refractivity contribution in [3.05, 3.63) is 0 Å². The Morgan fingerprint density at radius 1 is 1.20 bits per heavy atom. The molecule has 0 aromatic heterocycles. The Labute approximate surface area is 63.6 Å².